The lowest BCUT2D eigenvalue weighted by atomic mass is 10.2. The Morgan fingerprint density at radius 1 is 1.09 bits per heavy atom. The van der Waals surface area contributed by atoms with Crippen molar-refractivity contribution in [2.75, 3.05) is 11.9 Å². The van der Waals surface area contributed by atoms with Crippen molar-refractivity contribution < 1.29 is 8.42 Å². The molecule has 1 aromatic heterocycles. The molecule has 2 aromatic rings. The Morgan fingerprint density at radius 3 is 2.39 bits per heavy atom. The van der Waals surface area contributed by atoms with Gasteiger partial charge in [-0.15, -0.1) is 0 Å². The molecular weight excluding hydrogens is 312 g/mol. The van der Waals surface area contributed by atoms with E-state index in [4.69, 9.17) is 0 Å². The van der Waals surface area contributed by atoms with E-state index in [0.717, 1.165) is 29.3 Å². The minimum atomic E-state index is -3.40. The Kier molecular flexibility index (Phi) is 5.68. The van der Waals surface area contributed by atoms with Crippen LogP contribution in [-0.4, -0.2) is 24.9 Å². The Bertz CT molecular complexity index is 758. The third-order valence-corrected chi connectivity index (χ3v) is 4.86. The van der Waals surface area contributed by atoms with Crippen LogP contribution in [0.4, 0.5) is 5.82 Å². The van der Waals surface area contributed by atoms with Crippen LogP contribution in [-0.2, 0) is 23.0 Å². The number of nitrogens with zero attached hydrogens (tertiary/aromatic N) is 2. The Labute approximate surface area is 137 Å². The maximum Gasteiger partial charge on any atom is 0.240 e. The smallest absolute Gasteiger partial charge is 0.240 e. The Hall–Kier alpha value is -1.99. The van der Waals surface area contributed by atoms with E-state index in [9.17, 15) is 8.42 Å². The van der Waals surface area contributed by atoms with Crippen LogP contribution in [0.2, 0.25) is 0 Å². The van der Waals surface area contributed by atoms with Gasteiger partial charge in [-0.2, -0.15) is 0 Å². The topological polar surface area (TPSA) is 84.0 Å². The van der Waals surface area contributed by atoms with E-state index in [2.05, 4.69) is 26.9 Å². The first kappa shape index (κ1) is 17.4. The van der Waals surface area contributed by atoms with Crippen molar-refractivity contribution in [1.82, 2.24) is 14.7 Å². The van der Waals surface area contributed by atoms with Crippen LogP contribution in [0.15, 0.2) is 35.2 Å². The standard InChI is InChI=1S/C16H22N4O2S/c1-4-14-10-16(20-12(3)19-14)17-11-13-6-8-15(9-7-13)23(21,22)18-5-2/h6-10,18H,4-5,11H2,1-3H3,(H,17,19,20). The summed E-state index contributed by atoms with van der Waals surface area (Å²) in [7, 11) is -3.40. The Morgan fingerprint density at radius 2 is 1.78 bits per heavy atom. The van der Waals surface area contributed by atoms with Gasteiger partial charge in [-0.05, 0) is 31.0 Å². The number of benzene rings is 1. The first-order valence-corrected chi connectivity index (χ1v) is 9.10. The van der Waals surface area contributed by atoms with E-state index in [1.807, 2.05) is 13.0 Å². The zero-order chi connectivity index (χ0) is 16.9. The molecule has 0 spiro atoms. The van der Waals surface area contributed by atoms with E-state index in [0.29, 0.717) is 13.1 Å². The van der Waals surface area contributed by atoms with Gasteiger partial charge in [0.15, 0.2) is 0 Å². The van der Waals surface area contributed by atoms with Crippen molar-refractivity contribution in [3.8, 4) is 0 Å². The number of aromatic nitrogens is 2. The third-order valence-electron chi connectivity index (χ3n) is 3.29. The Balaban J connectivity index is 2.06. The number of hydrogen-bond donors (Lipinski definition) is 2. The number of nitrogens with one attached hydrogen (secondary N) is 2. The number of aryl methyl sites for hydroxylation is 2. The molecule has 2 rings (SSSR count). The van der Waals surface area contributed by atoms with Crippen molar-refractivity contribution in [2.24, 2.45) is 0 Å². The van der Waals surface area contributed by atoms with Crippen LogP contribution in [0.5, 0.6) is 0 Å². The lowest BCUT2D eigenvalue weighted by Crippen LogP contribution is -2.23. The van der Waals surface area contributed by atoms with Gasteiger partial charge in [0.2, 0.25) is 10.0 Å². The normalized spacial score (nSPS) is 11.4. The highest BCUT2D eigenvalue weighted by Gasteiger charge is 2.11. The average Bonchev–Trinajstić information content (AvgIpc) is 2.52. The van der Waals surface area contributed by atoms with Crippen LogP contribution in [0.1, 0.15) is 30.9 Å². The van der Waals surface area contributed by atoms with Crippen molar-refractivity contribution in [3.63, 3.8) is 0 Å². The summed E-state index contributed by atoms with van der Waals surface area (Å²) in [6.07, 6.45) is 0.856. The van der Waals surface area contributed by atoms with Gasteiger partial charge in [0.05, 0.1) is 4.90 Å². The molecule has 0 saturated carbocycles. The first-order valence-electron chi connectivity index (χ1n) is 7.61. The molecule has 0 fully saturated rings. The molecule has 124 valence electrons. The average molecular weight is 334 g/mol. The summed E-state index contributed by atoms with van der Waals surface area (Å²) in [4.78, 5) is 8.96. The van der Waals surface area contributed by atoms with E-state index < -0.39 is 10.0 Å². The molecule has 7 heteroatoms. The minimum absolute atomic E-state index is 0.272. The largest absolute Gasteiger partial charge is 0.366 e. The zero-order valence-electron chi connectivity index (χ0n) is 13.6. The summed E-state index contributed by atoms with van der Waals surface area (Å²) >= 11 is 0. The van der Waals surface area contributed by atoms with Crippen LogP contribution in [0.25, 0.3) is 0 Å². The van der Waals surface area contributed by atoms with Gasteiger partial charge in [-0.1, -0.05) is 26.0 Å². The number of anilines is 1. The maximum atomic E-state index is 11.9. The van der Waals surface area contributed by atoms with Gasteiger partial charge < -0.3 is 5.32 Å². The molecule has 0 aliphatic carbocycles. The van der Waals surface area contributed by atoms with Crippen molar-refractivity contribution in [3.05, 3.63) is 47.4 Å². The van der Waals surface area contributed by atoms with E-state index in [-0.39, 0.29) is 4.90 Å². The third kappa shape index (κ3) is 4.74. The summed E-state index contributed by atoms with van der Waals surface area (Å²) < 4.78 is 26.2. The van der Waals surface area contributed by atoms with E-state index in [1.165, 1.54) is 0 Å². The summed E-state index contributed by atoms with van der Waals surface area (Å²) in [5.74, 6) is 1.51. The fourth-order valence-electron chi connectivity index (χ4n) is 2.15. The van der Waals surface area contributed by atoms with Gasteiger partial charge >= 0.3 is 0 Å². The molecule has 0 unspecified atom stereocenters. The molecule has 6 nitrogen and oxygen atoms in total. The van der Waals surface area contributed by atoms with Crippen molar-refractivity contribution in [2.45, 2.75) is 38.6 Å². The van der Waals surface area contributed by atoms with Gasteiger partial charge in [-0.25, -0.2) is 23.1 Å². The second kappa shape index (κ2) is 7.52. The second-order valence-corrected chi connectivity index (χ2v) is 6.91. The molecule has 1 heterocycles. The lowest BCUT2D eigenvalue weighted by Gasteiger charge is -2.09. The molecule has 0 amide bonds. The van der Waals surface area contributed by atoms with Crippen molar-refractivity contribution in [1.29, 1.82) is 0 Å². The summed E-state index contributed by atoms with van der Waals surface area (Å²) in [6.45, 7) is 6.61. The highest BCUT2D eigenvalue weighted by atomic mass is 32.2. The van der Waals surface area contributed by atoms with Gasteiger partial charge in [-0.3, -0.25) is 0 Å². The van der Waals surface area contributed by atoms with Gasteiger partial charge in [0.25, 0.3) is 0 Å². The molecule has 0 saturated heterocycles. The molecule has 0 bridgehead atoms. The quantitative estimate of drug-likeness (QED) is 0.811. The van der Waals surface area contributed by atoms with E-state index >= 15 is 0 Å². The van der Waals surface area contributed by atoms with Crippen LogP contribution in [0, 0.1) is 6.92 Å². The SMILES string of the molecule is CCNS(=O)(=O)c1ccc(CNc2cc(CC)nc(C)n2)cc1. The maximum absolute atomic E-state index is 11.9. The van der Waals surface area contributed by atoms with Crippen molar-refractivity contribution >= 4 is 15.8 Å². The molecule has 23 heavy (non-hydrogen) atoms. The molecule has 1 aromatic carbocycles. The lowest BCUT2D eigenvalue weighted by molar-refractivity contribution is 0.584. The van der Waals surface area contributed by atoms with Gasteiger partial charge in [0, 0.05) is 24.8 Å². The first-order chi connectivity index (χ1) is 10.9. The number of hydrogen-bond acceptors (Lipinski definition) is 5. The highest BCUT2D eigenvalue weighted by Crippen LogP contribution is 2.13. The summed E-state index contributed by atoms with van der Waals surface area (Å²) in [6, 6.07) is 8.74. The van der Waals surface area contributed by atoms with Gasteiger partial charge in [0.1, 0.15) is 11.6 Å². The monoisotopic (exact) mass is 334 g/mol. The van der Waals surface area contributed by atoms with Crippen LogP contribution < -0.4 is 10.0 Å². The molecule has 0 aliphatic heterocycles. The fraction of sp³-hybridized carbons (Fsp3) is 0.375. The predicted molar refractivity (Wildman–Crippen MR) is 90.8 cm³/mol. The number of rotatable bonds is 7. The highest BCUT2D eigenvalue weighted by molar-refractivity contribution is 7.89. The predicted octanol–water partition coefficient (Wildman–Crippen LogP) is 2.26. The van der Waals surface area contributed by atoms with E-state index in [1.54, 1.807) is 31.2 Å². The molecule has 0 atom stereocenters. The molecule has 2 N–H and O–H groups in total. The second-order valence-electron chi connectivity index (χ2n) is 5.14. The zero-order valence-corrected chi connectivity index (χ0v) is 14.4. The fourth-order valence-corrected chi connectivity index (χ4v) is 3.19. The number of sulfonamides is 1. The molecular formula is C16H22N4O2S. The minimum Gasteiger partial charge on any atom is -0.366 e. The summed E-state index contributed by atoms with van der Waals surface area (Å²) in [5.41, 5.74) is 1.97. The summed E-state index contributed by atoms with van der Waals surface area (Å²) in [5, 5.41) is 3.24. The van der Waals surface area contributed by atoms with Crippen LogP contribution >= 0.6 is 0 Å². The molecule has 0 aliphatic rings. The molecule has 0 radical (unpaired) electrons. The van der Waals surface area contributed by atoms with Crippen LogP contribution in [0.3, 0.4) is 0 Å².